The third-order valence-electron chi connectivity index (χ3n) is 2.87. The molecule has 1 atom stereocenters. The topological polar surface area (TPSA) is 51.2 Å². The fraction of sp³-hybridized carbons (Fsp3) is 0.231. The Balaban J connectivity index is 2.49. The number of furan rings is 1. The second-order valence-electron chi connectivity index (χ2n) is 4.20. The fourth-order valence-electron chi connectivity index (χ4n) is 1.98. The predicted molar refractivity (Wildman–Crippen MR) is 79.2 cm³/mol. The van der Waals surface area contributed by atoms with Gasteiger partial charge in [-0.3, -0.25) is 5.84 Å². The number of aryl methyl sites for hydroxylation is 2. The Kier molecular flexibility index (Phi) is 4.27. The molecule has 0 fully saturated rings. The van der Waals surface area contributed by atoms with Gasteiger partial charge in [0, 0.05) is 4.47 Å². The smallest absolute Gasteiger partial charge is 0.140 e. The number of nitrogens with two attached hydrogens (primary N) is 1. The first-order valence-electron chi connectivity index (χ1n) is 5.50. The summed E-state index contributed by atoms with van der Waals surface area (Å²) in [7, 11) is 0. The summed E-state index contributed by atoms with van der Waals surface area (Å²) in [5.41, 5.74) is 6.22. The number of hydrazine groups is 1. The molecule has 3 N–H and O–H groups in total. The van der Waals surface area contributed by atoms with Gasteiger partial charge in [0.2, 0.25) is 0 Å². The Morgan fingerprint density at radius 1 is 1.22 bits per heavy atom. The van der Waals surface area contributed by atoms with E-state index in [1.54, 1.807) is 6.26 Å². The van der Waals surface area contributed by atoms with E-state index in [0.717, 1.165) is 20.3 Å². The van der Waals surface area contributed by atoms with Crippen LogP contribution in [0, 0.1) is 13.8 Å². The standard InChI is InChI=1S/C13H14Br2N2O/c1-7-5-9(6-8(2)11(7)15)12(17-16)13-10(14)3-4-18-13/h3-6,12,17H,16H2,1-2H3. The lowest BCUT2D eigenvalue weighted by atomic mass is 10.00. The Morgan fingerprint density at radius 2 is 1.83 bits per heavy atom. The Morgan fingerprint density at radius 3 is 2.28 bits per heavy atom. The van der Waals surface area contributed by atoms with Crippen LogP contribution in [0.25, 0.3) is 0 Å². The molecule has 0 amide bonds. The van der Waals surface area contributed by atoms with Crippen LogP contribution in [-0.2, 0) is 0 Å². The van der Waals surface area contributed by atoms with Crippen molar-refractivity contribution < 1.29 is 4.42 Å². The average Bonchev–Trinajstić information content (AvgIpc) is 2.74. The molecule has 0 bridgehead atoms. The van der Waals surface area contributed by atoms with Gasteiger partial charge in [0.1, 0.15) is 11.8 Å². The average molecular weight is 374 g/mol. The third kappa shape index (κ3) is 2.54. The van der Waals surface area contributed by atoms with Gasteiger partial charge in [-0.25, -0.2) is 5.43 Å². The molecule has 1 unspecified atom stereocenters. The summed E-state index contributed by atoms with van der Waals surface area (Å²) in [4.78, 5) is 0. The van der Waals surface area contributed by atoms with E-state index in [0.29, 0.717) is 0 Å². The van der Waals surface area contributed by atoms with E-state index in [4.69, 9.17) is 10.3 Å². The number of hydrogen-bond acceptors (Lipinski definition) is 3. The summed E-state index contributed by atoms with van der Waals surface area (Å²) in [5, 5.41) is 0. The van der Waals surface area contributed by atoms with E-state index in [-0.39, 0.29) is 6.04 Å². The molecule has 0 spiro atoms. The molecule has 0 aliphatic carbocycles. The van der Waals surface area contributed by atoms with E-state index >= 15 is 0 Å². The summed E-state index contributed by atoms with van der Waals surface area (Å²) in [6.07, 6.45) is 1.64. The molecular weight excluding hydrogens is 360 g/mol. The largest absolute Gasteiger partial charge is 0.466 e. The van der Waals surface area contributed by atoms with E-state index < -0.39 is 0 Å². The number of benzene rings is 1. The molecule has 1 aromatic heterocycles. The van der Waals surface area contributed by atoms with Gasteiger partial charge in [0.05, 0.1) is 10.7 Å². The van der Waals surface area contributed by atoms with Crippen molar-refractivity contribution in [3.05, 3.63) is 55.9 Å². The maximum Gasteiger partial charge on any atom is 0.140 e. The molecule has 0 radical (unpaired) electrons. The first-order chi connectivity index (χ1) is 8.54. The van der Waals surface area contributed by atoms with Crippen LogP contribution in [0.3, 0.4) is 0 Å². The third-order valence-corrected chi connectivity index (χ3v) is 4.77. The SMILES string of the molecule is Cc1cc(C(NN)c2occc2Br)cc(C)c1Br. The summed E-state index contributed by atoms with van der Waals surface area (Å²) in [6.45, 7) is 4.12. The van der Waals surface area contributed by atoms with Gasteiger partial charge in [-0.05, 0) is 52.5 Å². The molecule has 2 rings (SSSR count). The normalized spacial score (nSPS) is 12.7. The van der Waals surface area contributed by atoms with Crippen molar-refractivity contribution in [3.8, 4) is 0 Å². The molecule has 1 heterocycles. The summed E-state index contributed by atoms with van der Waals surface area (Å²) >= 11 is 7.02. The van der Waals surface area contributed by atoms with Crippen LogP contribution in [-0.4, -0.2) is 0 Å². The highest BCUT2D eigenvalue weighted by Gasteiger charge is 2.19. The molecule has 1 aromatic carbocycles. The lowest BCUT2D eigenvalue weighted by Gasteiger charge is -2.17. The summed E-state index contributed by atoms with van der Waals surface area (Å²) in [5.74, 6) is 6.44. The lowest BCUT2D eigenvalue weighted by Crippen LogP contribution is -2.28. The van der Waals surface area contributed by atoms with E-state index in [2.05, 4.69) is 63.3 Å². The maximum atomic E-state index is 5.66. The van der Waals surface area contributed by atoms with Crippen molar-refractivity contribution in [1.29, 1.82) is 0 Å². The zero-order valence-corrected chi connectivity index (χ0v) is 13.3. The molecular formula is C13H14Br2N2O. The lowest BCUT2D eigenvalue weighted by molar-refractivity contribution is 0.449. The second kappa shape index (κ2) is 5.57. The van der Waals surface area contributed by atoms with E-state index in [9.17, 15) is 0 Å². The van der Waals surface area contributed by atoms with Crippen LogP contribution in [0.5, 0.6) is 0 Å². The van der Waals surface area contributed by atoms with Gasteiger partial charge < -0.3 is 4.42 Å². The van der Waals surface area contributed by atoms with Crippen molar-refractivity contribution in [2.75, 3.05) is 0 Å². The zero-order valence-electron chi connectivity index (χ0n) is 10.1. The molecule has 0 saturated heterocycles. The zero-order chi connectivity index (χ0) is 13.3. The first kappa shape index (κ1) is 13.8. The molecule has 96 valence electrons. The monoisotopic (exact) mass is 372 g/mol. The van der Waals surface area contributed by atoms with E-state index in [1.165, 1.54) is 11.1 Å². The van der Waals surface area contributed by atoms with Crippen molar-refractivity contribution >= 4 is 31.9 Å². The fourth-order valence-corrected chi connectivity index (χ4v) is 2.64. The maximum absolute atomic E-state index is 5.66. The minimum Gasteiger partial charge on any atom is -0.466 e. The number of halogens is 2. The Hall–Kier alpha value is -0.620. The van der Waals surface area contributed by atoms with Crippen molar-refractivity contribution in [3.63, 3.8) is 0 Å². The van der Waals surface area contributed by atoms with Crippen molar-refractivity contribution in [2.45, 2.75) is 19.9 Å². The Bertz CT molecular complexity index is 543. The van der Waals surface area contributed by atoms with Gasteiger partial charge in [-0.1, -0.05) is 28.1 Å². The second-order valence-corrected chi connectivity index (χ2v) is 5.85. The molecule has 2 aromatic rings. The molecule has 0 saturated carbocycles. The minimum absolute atomic E-state index is 0.167. The number of nitrogens with one attached hydrogen (secondary N) is 1. The van der Waals surface area contributed by atoms with Crippen LogP contribution in [0.4, 0.5) is 0 Å². The van der Waals surface area contributed by atoms with Crippen molar-refractivity contribution in [1.82, 2.24) is 5.43 Å². The van der Waals surface area contributed by atoms with Crippen LogP contribution in [0.1, 0.15) is 28.5 Å². The van der Waals surface area contributed by atoms with Crippen LogP contribution < -0.4 is 11.3 Å². The number of rotatable bonds is 3. The van der Waals surface area contributed by atoms with Gasteiger partial charge >= 0.3 is 0 Å². The first-order valence-corrected chi connectivity index (χ1v) is 7.09. The highest BCUT2D eigenvalue weighted by atomic mass is 79.9. The van der Waals surface area contributed by atoms with E-state index in [1.807, 2.05) is 6.07 Å². The van der Waals surface area contributed by atoms with Gasteiger partial charge in [0.15, 0.2) is 0 Å². The van der Waals surface area contributed by atoms with Crippen LogP contribution >= 0.6 is 31.9 Å². The summed E-state index contributed by atoms with van der Waals surface area (Å²) in [6, 6.07) is 5.88. The predicted octanol–water partition coefficient (Wildman–Crippen LogP) is 3.97. The van der Waals surface area contributed by atoms with Gasteiger partial charge in [0.25, 0.3) is 0 Å². The van der Waals surface area contributed by atoms with Crippen molar-refractivity contribution in [2.24, 2.45) is 5.84 Å². The molecule has 5 heteroatoms. The quantitative estimate of drug-likeness (QED) is 0.632. The van der Waals surface area contributed by atoms with Gasteiger partial charge in [-0.2, -0.15) is 0 Å². The molecule has 0 aliphatic rings. The van der Waals surface area contributed by atoms with Gasteiger partial charge in [-0.15, -0.1) is 0 Å². The van der Waals surface area contributed by atoms with Crippen LogP contribution in [0.2, 0.25) is 0 Å². The Labute approximate surface area is 123 Å². The van der Waals surface area contributed by atoms with Crippen LogP contribution in [0.15, 0.2) is 37.8 Å². The molecule has 18 heavy (non-hydrogen) atoms. The summed E-state index contributed by atoms with van der Waals surface area (Å²) < 4.78 is 7.51. The number of hydrogen-bond donors (Lipinski definition) is 2. The highest BCUT2D eigenvalue weighted by molar-refractivity contribution is 9.10. The molecule has 0 aliphatic heterocycles. The highest BCUT2D eigenvalue weighted by Crippen LogP contribution is 2.32. The molecule has 3 nitrogen and oxygen atoms in total. The minimum atomic E-state index is -0.167.